The maximum Gasteiger partial charge on any atom is 0.332 e. The van der Waals surface area contributed by atoms with Gasteiger partial charge in [-0.2, -0.15) is 0 Å². The third-order valence-electron chi connectivity index (χ3n) is 7.54. The quantitative estimate of drug-likeness (QED) is 0.579. The number of Topliss-reactive ketones (excluding diaryl/α,β-unsaturated/α-hetero) is 1. The molecule has 0 aromatic carbocycles. The number of hydrogen-bond donors (Lipinski definition) is 1. The smallest absolute Gasteiger partial charge is 0.332 e. The van der Waals surface area contributed by atoms with Crippen molar-refractivity contribution in [3.63, 3.8) is 0 Å². The van der Waals surface area contributed by atoms with Crippen molar-refractivity contribution in [3.05, 3.63) is 37.5 Å². The Morgan fingerprint density at radius 3 is 2.45 bits per heavy atom. The summed E-state index contributed by atoms with van der Waals surface area (Å²) in [6, 6.07) is 0. The predicted molar refractivity (Wildman–Crippen MR) is 125 cm³/mol. The number of rotatable bonds is 6. The van der Waals surface area contributed by atoms with Crippen molar-refractivity contribution in [2.75, 3.05) is 0 Å². The number of aliphatic carboxylic acids is 1. The van der Waals surface area contributed by atoms with E-state index in [9.17, 15) is 14.7 Å². The summed E-state index contributed by atoms with van der Waals surface area (Å²) in [5, 5.41) is 13.0. The molecular formula is C25H29NO3S2. The fourth-order valence-corrected chi connectivity index (χ4v) is 8.35. The highest BCUT2D eigenvalue weighted by Gasteiger charge is 2.41. The van der Waals surface area contributed by atoms with Crippen LogP contribution in [-0.2, 0) is 28.9 Å². The van der Waals surface area contributed by atoms with Crippen molar-refractivity contribution in [1.29, 1.82) is 0 Å². The van der Waals surface area contributed by atoms with Crippen LogP contribution in [0.5, 0.6) is 0 Å². The second-order valence-corrected chi connectivity index (χ2v) is 11.4. The highest BCUT2D eigenvalue weighted by molar-refractivity contribution is 7.15. The van der Waals surface area contributed by atoms with Crippen molar-refractivity contribution in [1.82, 2.24) is 4.98 Å². The topological polar surface area (TPSA) is 67.3 Å². The van der Waals surface area contributed by atoms with Crippen molar-refractivity contribution >= 4 is 34.4 Å². The second kappa shape index (κ2) is 8.28. The largest absolute Gasteiger partial charge is 0.478 e. The lowest BCUT2D eigenvalue weighted by Crippen LogP contribution is -2.34. The van der Waals surface area contributed by atoms with Crippen LogP contribution in [-0.4, -0.2) is 21.8 Å². The van der Waals surface area contributed by atoms with Crippen LogP contribution in [0, 0.1) is 24.7 Å². The number of hydrogen-bond acceptors (Lipinski definition) is 5. The average molecular weight is 456 g/mol. The SMILES string of the molecule is CC[C@@H]1CCc2c(sc(CC(=O)C3=C(C(=O)O)C4CCC3CC4)c2-c2nc(C)cs2)C1. The van der Waals surface area contributed by atoms with Gasteiger partial charge >= 0.3 is 5.97 Å². The van der Waals surface area contributed by atoms with Crippen LogP contribution in [0.2, 0.25) is 0 Å². The minimum atomic E-state index is -0.884. The number of carboxylic acids is 1. The number of aryl methyl sites for hydroxylation is 1. The van der Waals surface area contributed by atoms with Crippen molar-refractivity contribution in [3.8, 4) is 10.6 Å². The molecule has 0 amide bonds. The van der Waals surface area contributed by atoms with Gasteiger partial charge in [0.05, 0.1) is 0 Å². The Balaban J connectivity index is 1.55. The van der Waals surface area contributed by atoms with Gasteiger partial charge < -0.3 is 5.11 Å². The molecule has 6 rings (SSSR count). The van der Waals surface area contributed by atoms with Gasteiger partial charge in [-0.25, -0.2) is 9.78 Å². The number of thiophene rings is 1. The Bertz CT molecular complexity index is 1070. The average Bonchev–Trinajstić information content (AvgIpc) is 3.35. The summed E-state index contributed by atoms with van der Waals surface area (Å²) in [6.07, 6.45) is 8.60. The Morgan fingerprint density at radius 1 is 1.13 bits per heavy atom. The lowest BCUT2D eigenvalue weighted by Gasteiger charge is -2.38. The van der Waals surface area contributed by atoms with Crippen LogP contribution in [0.3, 0.4) is 0 Å². The lowest BCUT2D eigenvalue weighted by molar-refractivity contribution is -0.134. The molecular weight excluding hydrogens is 426 g/mol. The highest BCUT2D eigenvalue weighted by atomic mass is 32.1. The summed E-state index contributed by atoms with van der Waals surface area (Å²) in [7, 11) is 0. The van der Waals surface area contributed by atoms with E-state index in [1.54, 1.807) is 22.7 Å². The molecule has 6 heteroatoms. The van der Waals surface area contributed by atoms with E-state index in [0.717, 1.165) is 60.0 Å². The van der Waals surface area contributed by atoms with E-state index in [1.807, 2.05) is 6.92 Å². The number of carboxylic acid groups (broad SMARTS) is 1. The number of carbonyl (C=O) groups excluding carboxylic acids is 1. The molecule has 4 nitrogen and oxygen atoms in total. The van der Waals surface area contributed by atoms with Gasteiger partial charge in [-0.1, -0.05) is 13.3 Å². The van der Waals surface area contributed by atoms with Gasteiger partial charge in [-0.3, -0.25) is 4.79 Å². The first-order valence-electron chi connectivity index (χ1n) is 11.5. The zero-order valence-electron chi connectivity index (χ0n) is 18.2. The number of fused-ring (bicyclic) bond motifs is 3. The summed E-state index contributed by atoms with van der Waals surface area (Å²) in [6.45, 7) is 4.27. The van der Waals surface area contributed by atoms with Crippen LogP contribution in [0.15, 0.2) is 16.5 Å². The standard InChI is InChI=1S/C25H29NO3S2/c1-3-14-4-9-17-19(10-14)31-20(23(17)24-26-13(2)12-30-24)11-18(27)21-15-5-7-16(8-6-15)22(21)25(28)29/h12,14-16H,3-11H2,1-2H3,(H,28,29)/t14-,15?,16?/m1/s1. The Morgan fingerprint density at radius 2 is 1.84 bits per heavy atom. The van der Waals surface area contributed by atoms with Gasteiger partial charge in [-0.15, -0.1) is 22.7 Å². The molecule has 2 aromatic rings. The van der Waals surface area contributed by atoms with E-state index in [1.165, 1.54) is 28.8 Å². The van der Waals surface area contributed by atoms with Crippen LogP contribution in [0.4, 0.5) is 0 Å². The number of thiazole rings is 1. The van der Waals surface area contributed by atoms with Crippen LogP contribution in [0.1, 0.15) is 66.5 Å². The number of ketones is 1. The van der Waals surface area contributed by atoms with Gasteiger partial charge in [0, 0.05) is 44.0 Å². The van der Waals surface area contributed by atoms with E-state index < -0.39 is 5.97 Å². The maximum absolute atomic E-state index is 13.6. The Labute approximate surface area is 191 Å². The highest BCUT2D eigenvalue weighted by Crippen LogP contribution is 2.48. The molecule has 2 bridgehead atoms. The molecule has 0 aliphatic heterocycles. The van der Waals surface area contributed by atoms with Gasteiger partial charge in [0.15, 0.2) is 5.78 Å². The molecule has 164 valence electrons. The van der Waals surface area contributed by atoms with Crippen molar-refractivity contribution < 1.29 is 14.7 Å². The van der Waals surface area contributed by atoms with Crippen molar-refractivity contribution in [2.45, 2.75) is 71.6 Å². The van der Waals surface area contributed by atoms with Gasteiger partial charge in [0.2, 0.25) is 0 Å². The Hall–Kier alpha value is -1.79. The molecule has 1 saturated carbocycles. The number of carbonyl (C=O) groups is 2. The summed E-state index contributed by atoms with van der Waals surface area (Å²) >= 11 is 3.44. The molecule has 4 aliphatic rings. The molecule has 1 fully saturated rings. The minimum absolute atomic E-state index is 0.0342. The zero-order chi connectivity index (χ0) is 21.7. The molecule has 1 atom stereocenters. The summed E-state index contributed by atoms with van der Waals surface area (Å²) < 4.78 is 0. The van der Waals surface area contributed by atoms with E-state index >= 15 is 0 Å². The molecule has 0 radical (unpaired) electrons. The Kier molecular flexibility index (Phi) is 5.63. The second-order valence-electron chi connectivity index (χ2n) is 9.39. The molecule has 4 aliphatic carbocycles. The molecule has 2 heterocycles. The number of aromatic nitrogens is 1. The van der Waals surface area contributed by atoms with Crippen LogP contribution in [0.25, 0.3) is 10.6 Å². The third kappa shape index (κ3) is 3.72. The van der Waals surface area contributed by atoms with Crippen molar-refractivity contribution in [2.24, 2.45) is 17.8 Å². The van der Waals surface area contributed by atoms with E-state index in [-0.39, 0.29) is 17.6 Å². The lowest BCUT2D eigenvalue weighted by atomic mass is 9.65. The van der Waals surface area contributed by atoms with E-state index in [0.29, 0.717) is 17.6 Å². The first-order chi connectivity index (χ1) is 15.0. The summed E-state index contributed by atoms with van der Waals surface area (Å²) in [5.74, 6) is 0.0605. The van der Waals surface area contributed by atoms with Crippen LogP contribution >= 0.6 is 22.7 Å². The first-order valence-corrected chi connectivity index (χ1v) is 13.2. The molecule has 31 heavy (non-hydrogen) atoms. The molecule has 0 saturated heterocycles. The molecule has 2 aromatic heterocycles. The fraction of sp³-hybridized carbons (Fsp3) is 0.560. The van der Waals surface area contributed by atoms with E-state index in [2.05, 4.69) is 12.3 Å². The predicted octanol–water partition coefficient (Wildman–Crippen LogP) is 6.01. The normalized spacial score (nSPS) is 25.0. The third-order valence-corrected chi connectivity index (χ3v) is 9.77. The van der Waals surface area contributed by atoms with Gasteiger partial charge in [0.1, 0.15) is 5.01 Å². The molecule has 0 spiro atoms. The minimum Gasteiger partial charge on any atom is -0.478 e. The van der Waals surface area contributed by atoms with Gasteiger partial charge in [-0.05, 0) is 75.2 Å². The first kappa shape index (κ1) is 21.1. The molecule has 0 unspecified atom stereocenters. The number of allylic oxidation sites excluding steroid dienone is 1. The van der Waals surface area contributed by atoms with Gasteiger partial charge in [0.25, 0.3) is 0 Å². The van der Waals surface area contributed by atoms with E-state index in [4.69, 9.17) is 4.98 Å². The maximum atomic E-state index is 13.6. The zero-order valence-corrected chi connectivity index (χ0v) is 19.8. The summed E-state index contributed by atoms with van der Waals surface area (Å²) in [4.78, 5) is 32.9. The molecule has 1 N–H and O–H groups in total. The van der Waals surface area contributed by atoms with Crippen LogP contribution < -0.4 is 0 Å². The monoisotopic (exact) mass is 455 g/mol. The fourth-order valence-electron chi connectivity index (χ4n) is 5.92. The number of nitrogens with zero attached hydrogens (tertiary/aromatic N) is 1. The summed E-state index contributed by atoms with van der Waals surface area (Å²) in [5.41, 5.74) is 4.64.